The van der Waals surface area contributed by atoms with Gasteiger partial charge in [-0.3, -0.25) is 4.79 Å². The lowest BCUT2D eigenvalue weighted by molar-refractivity contribution is -0.302. The molecular formula is C49H91NO8. The molecular weight excluding hydrogens is 731 g/mol. The Hall–Kier alpha value is -1.59. The molecule has 1 saturated heterocycles. The molecule has 1 aliphatic heterocycles. The van der Waals surface area contributed by atoms with Crippen molar-refractivity contribution in [2.75, 3.05) is 13.2 Å². The first-order valence-corrected chi connectivity index (χ1v) is 24.2. The molecule has 7 atom stereocenters. The molecule has 0 aromatic rings. The van der Waals surface area contributed by atoms with Gasteiger partial charge in [0.25, 0.3) is 0 Å². The van der Waals surface area contributed by atoms with Gasteiger partial charge in [0.05, 0.1) is 25.4 Å². The summed E-state index contributed by atoms with van der Waals surface area (Å²) in [5.41, 5.74) is 0. The van der Waals surface area contributed by atoms with Crippen LogP contribution in [0.1, 0.15) is 213 Å². The fraction of sp³-hybridized carbons (Fsp3) is 0.857. The maximum atomic E-state index is 13.0. The molecule has 9 nitrogen and oxygen atoms in total. The summed E-state index contributed by atoms with van der Waals surface area (Å²) in [6.45, 7) is 3.74. The van der Waals surface area contributed by atoms with Crippen LogP contribution >= 0.6 is 0 Å². The van der Waals surface area contributed by atoms with Crippen LogP contribution in [0.2, 0.25) is 0 Å². The zero-order valence-electron chi connectivity index (χ0n) is 37.3. The van der Waals surface area contributed by atoms with E-state index in [1.807, 2.05) is 6.08 Å². The van der Waals surface area contributed by atoms with Crippen LogP contribution in [-0.2, 0) is 14.3 Å². The third kappa shape index (κ3) is 29.6. The molecule has 0 aromatic heterocycles. The van der Waals surface area contributed by atoms with Crippen molar-refractivity contribution in [3.63, 3.8) is 0 Å². The Balaban J connectivity index is 2.33. The molecule has 340 valence electrons. The van der Waals surface area contributed by atoms with Gasteiger partial charge in [0.2, 0.25) is 5.91 Å². The van der Waals surface area contributed by atoms with Gasteiger partial charge < -0.3 is 40.3 Å². The van der Waals surface area contributed by atoms with Gasteiger partial charge in [0.1, 0.15) is 24.4 Å². The van der Waals surface area contributed by atoms with Crippen LogP contribution in [0.15, 0.2) is 36.5 Å². The van der Waals surface area contributed by atoms with Crippen molar-refractivity contribution in [3.05, 3.63) is 36.5 Å². The van der Waals surface area contributed by atoms with E-state index < -0.39 is 49.5 Å². The molecule has 0 aromatic carbocycles. The molecule has 9 heteroatoms. The fourth-order valence-corrected chi connectivity index (χ4v) is 7.56. The van der Waals surface area contributed by atoms with Crippen LogP contribution < -0.4 is 5.32 Å². The number of hydrogen-bond donors (Lipinski definition) is 6. The number of amides is 1. The van der Waals surface area contributed by atoms with E-state index in [1.165, 1.54) is 135 Å². The molecule has 0 aliphatic carbocycles. The Morgan fingerprint density at radius 3 is 1.48 bits per heavy atom. The van der Waals surface area contributed by atoms with Gasteiger partial charge in [0.15, 0.2) is 6.29 Å². The first-order valence-electron chi connectivity index (χ1n) is 24.2. The fourth-order valence-electron chi connectivity index (χ4n) is 7.56. The van der Waals surface area contributed by atoms with Gasteiger partial charge in [0, 0.05) is 6.42 Å². The summed E-state index contributed by atoms with van der Waals surface area (Å²) in [6.07, 6.45) is 41.8. The van der Waals surface area contributed by atoms with Gasteiger partial charge in [-0.05, 0) is 44.9 Å². The summed E-state index contributed by atoms with van der Waals surface area (Å²) in [5.74, 6) is -0.189. The number of aliphatic hydroxyl groups excluding tert-OH is 5. The second kappa shape index (κ2) is 39.5. The van der Waals surface area contributed by atoms with Crippen molar-refractivity contribution >= 4 is 5.91 Å². The van der Waals surface area contributed by atoms with E-state index >= 15 is 0 Å². The van der Waals surface area contributed by atoms with Crippen molar-refractivity contribution < 1.29 is 39.8 Å². The molecule has 1 amide bonds. The molecule has 1 rings (SSSR count). The van der Waals surface area contributed by atoms with Gasteiger partial charge in [-0.2, -0.15) is 0 Å². The third-order valence-corrected chi connectivity index (χ3v) is 11.5. The van der Waals surface area contributed by atoms with Crippen molar-refractivity contribution in [1.29, 1.82) is 0 Å². The zero-order valence-corrected chi connectivity index (χ0v) is 37.3. The van der Waals surface area contributed by atoms with Gasteiger partial charge >= 0.3 is 0 Å². The summed E-state index contributed by atoms with van der Waals surface area (Å²) >= 11 is 0. The van der Waals surface area contributed by atoms with E-state index in [1.54, 1.807) is 6.08 Å². The summed E-state index contributed by atoms with van der Waals surface area (Å²) in [5, 5.41) is 54.2. The first-order chi connectivity index (χ1) is 28.3. The molecule has 1 heterocycles. The highest BCUT2D eigenvalue weighted by molar-refractivity contribution is 5.76. The van der Waals surface area contributed by atoms with Crippen LogP contribution in [-0.4, -0.2) is 87.5 Å². The predicted molar refractivity (Wildman–Crippen MR) is 240 cm³/mol. The van der Waals surface area contributed by atoms with Crippen LogP contribution in [0, 0.1) is 0 Å². The summed E-state index contributed by atoms with van der Waals surface area (Å²) in [6, 6.07) is -0.810. The summed E-state index contributed by atoms with van der Waals surface area (Å²) < 4.78 is 11.2. The van der Waals surface area contributed by atoms with Crippen LogP contribution in [0.25, 0.3) is 0 Å². The number of aliphatic hydroxyl groups is 5. The van der Waals surface area contributed by atoms with E-state index in [2.05, 4.69) is 43.5 Å². The molecule has 6 N–H and O–H groups in total. The molecule has 0 bridgehead atoms. The minimum atomic E-state index is -1.57. The lowest BCUT2D eigenvalue weighted by Gasteiger charge is -2.40. The van der Waals surface area contributed by atoms with Gasteiger partial charge in [-0.15, -0.1) is 0 Å². The Morgan fingerprint density at radius 2 is 1.00 bits per heavy atom. The van der Waals surface area contributed by atoms with Crippen LogP contribution in [0.4, 0.5) is 0 Å². The Bertz CT molecular complexity index is 1000. The van der Waals surface area contributed by atoms with Crippen molar-refractivity contribution in [1.82, 2.24) is 5.32 Å². The number of allylic oxidation sites excluding steroid dienone is 5. The van der Waals surface area contributed by atoms with Crippen LogP contribution in [0.3, 0.4) is 0 Å². The van der Waals surface area contributed by atoms with Crippen molar-refractivity contribution in [2.24, 2.45) is 0 Å². The lowest BCUT2D eigenvalue weighted by Crippen LogP contribution is -2.60. The van der Waals surface area contributed by atoms with Gasteiger partial charge in [-0.1, -0.05) is 198 Å². The Kier molecular flexibility index (Phi) is 37.1. The lowest BCUT2D eigenvalue weighted by atomic mass is 9.99. The maximum Gasteiger partial charge on any atom is 0.220 e. The molecule has 1 fully saturated rings. The quantitative estimate of drug-likeness (QED) is 0.0203. The third-order valence-electron chi connectivity index (χ3n) is 11.5. The highest BCUT2D eigenvalue weighted by Crippen LogP contribution is 2.23. The molecule has 0 radical (unpaired) electrons. The van der Waals surface area contributed by atoms with E-state index in [0.29, 0.717) is 6.42 Å². The Labute approximate surface area is 355 Å². The minimum Gasteiger partial charge on any atom is -0.394 e. The molecule has 0 saturated carbocycles. The predicted octanol–water partition coefficient (Wildman–Crippen LogP) is 10.5. The topological polar surface area (TPSA) is 149 Å². The van der Waals surface area contributed by atoms with Crippen molar-refractivity contribution in [3.8, 4) is 0 Å². The monoisotopic (exact) mass is 822 g/mol. The second-order valence-electron chi connectivity index (χ2n) is 16.9. The SMILES string of the molecule is CCCCC/C=C\C=C/CCCCCCCCC(=O)NC(COC1OC(CO)C(O)C(O)C1O)C(O)/C=C/CCCCCCCCCCCCCCCCCCCC. The first kappa shape index (κ1) is 54.4. The number of carbonyl (C=O) groups is 1. The second-order valence-corrected chi connectivity index (χ2v) is 16.9. The van der Waals surface area contributed by atoms with Crippen molar-refractivity contribution in [2.45, 2.75) is 256 Å². The number of unbranched alkanes of at least 4 members (excludes halogenated alkanes) is 27. The molecule has 0 spiro atoms. The molecule has 1 aliphatic rings. The smallest absolute Gasteiger partial charge is 0.220 e. The summed E-state index contributed by atoms with van der Waals surface area (Å²) in [7, 11) is 0. The summed E-state index contributed by atoms with van der Waals surface area (Å²) in [4.78, 5) is 13.0. The minimum absolute atomic E-state index is 0.189. The average molecular weight is 822 g/mol. The van der Waals surface area contributed by atoms with E-state index in [-0.39, 0.29) is 12.5 Å². The number of nitrogens with one attached hydrogen (secondary N) is 1. The van der Waals surface area contributed by atoms with E-state index in [4.69, 9.17) is 9.47 Å². The van der Waals surface area contributed by atoms with E-state index in [9.17, 15) is 30.3 Å². The highest BCUT2D eigenvalue weighted by atomic mass is 16.7. The number of rotatable bonds is 40. The zero-order chi connectivity index (χ0) is 42.3. The average Bonchev–Trinajstić information content (AvgIpc) is 3.22. The number of ether oxygens (including phenoxy) is 2. The standard InChI is InChI=1S/C49H91NO8/c1-3-5-7-9-11-13-15-17-19-20-21-22-23-25-26-28-30-32-34-36-38-43(52)42(41-57-49-48(56)47(55)46(54)44(40-51)58-49)50-45(53)39-37-35-33-31-29-27-24-18-16-14-12-10-8-6-4-2/h12,14,16,18,36,38,42-44,46-49,51-52,54-56H,3-11,13,15,17,19-35,37,39-41H2,1-2H3,(H,50,53)/b14-12-,18-16-,38-36+. The molecule has 58 heavy (non-hydrogen) atoms. The number of carbonyl (C=O) groups excluding carboxylic acids is 1. The maximum absolute atomic E-state index is 13.0. The van der Waals surface area contributed by atoms with Gasteiger partial charge in [-0.25, -0.2) is 0 Å². The Morgan fingerprint density at radius 1 is 0.586 bits per heavy atom. The largest absolute Gasteiger partial charge is 0.394 e. The molecule has 7 unspecified atom stereocenters. The van der Waals surface area contributed by atoms with Crippen LogP contribution in [0.5, 0.6) is 0 Å². The highest BCUT2D eigenvalue weighted by Gasteiger charge is 2.44. The normalized spacial score (nSPS) is 21.1. The number of hydrogen-bond acceptors (Lipinski definition) is 8. The van der Waals surface area contributed by atoms with E-state index in [0.717, 1.165) is 57.8 Å².